The SMILES string of the molecule is O=C(NCCN1CCNCC1)C1CC(c2ccccc2)NN1. The summed E-state index contributed by atoms with van der Waals surface area (Å²) in [6.07, 6.45) is 0.781. The zero-order valence-electron chi connectivity index (χ0n) is 12.8. The average molecular weight is 303 g/mol. The maximum absolute atomic E-state index is 12.2. The third kappa shape index (κ3) is 4.04. The Morgan fingerprint density at radius 2 is 1.95 bits per heavy atom. The molecule has 2 aliphatic heterocycles. The summed E-state index contributed by atoms with van der Waals surface area (Å²) in [5, 5.41) is 6.37. The minimum Gasteiger partial charge on any atom is -0.353 e. The first-order valence-corrected chi connectivity index (χ1v) is 8.10. The number of rotatable bonds is 5. The quantitative estimate of drug-likeness (QED) is 0.597. The van der Waals surface area contributed by atoms with E-state index >= 15 is 0 Å². The van der Waals surface area contributed by atoms with Crippen molar-refractivity contribution in [3.63, 3.8) is 0 Å². The molecule has 6 nitrogen and oxygen atoms in total. The van der Waals surface area contributed by atoms with E-state index in [0.29, 0.717) is 6.54 Å². The van der Waals surface area contributed by atoms with Gasteiger partial charge in [0.1, 0.15) is 6.04 Å². The Morgan fingerprint density at radius 3 is 2.73 bits per heavy atom. The number of hydrogen-bond donors (Lipinski definition) is 4. The minimum atomic E-state index is -0.159. The maximum Gasteiger partial charge on any atom is 0.238 e. The number of piperazine rings is 1. The number of benzene rings is 1. The van der Waals surface area contributed by atoms with Crippen molar-refractivity contribution in [2.75, 3.05) is 39.3 Å². The summed E-state index contributed by atoms with van der Waals surface area (Å²) in [6, 6.07) is 10.3. The van der Waals surface area contributed by atoms with Crippen molar-refractivity contribution in [2.45, 2.75) is 18.5 Å². The van der Waals surface area contributed by atoms with Crippen LogP contribution in [0.2, 0.25) is 0 Å². The Labute approximate surface area is 131 Å². The van der Waals surface area contributed by atoms with Crippen LogP contribution in [-0.4, -0.2) is 56.1 Å². The Bertz CT molecular complexity index is 475. The van der Waals surface area contributed by atoms with Crippen molar-refractivity contribution in [1.29, 1.82) is 0 Å². The van der Waals surface area contributed by atoms with Crippen molar-refractivity contribution in [3.05, 3.63) is 35.9 Å². The highest BCUT2D eigenvalue weighted by Crippen LogP contribution is 2.21. The van der Waals surface area contributed by atoms with Gasteiger partial charge in [-0.1, -0.05) is 30.3 Å². The van der Waals surface area contributed by atoms with Gasteiger partial charge in [0.2, 0.25) is 5.91 Å². The molecule has 0 bridgehead atoms. The molecule has 1 amide bonds. The summed E-state index contributed by atoms with van der Waals surface area (Å²) in [6.45, 7) is 5.86. The van der Waals surface area contributed by atoms with Crippen molar-refractivity contribution in [2.24, 2.45) is 0 Å². The van der Waals surface area contributed by atoms with Gasteiger partial charge in [0, 0.05) is 45.3 Å². The first kappa shape index (κ1) is 15.4. The summed E-state index contributed by atoms with van der Waals surface area (Å²) < 4.78 is 0. The molecule has 2 atom stereocenters. The molecule has 0 aromatic heterocycles. The van der Waals surface area contributed by atoms with Gasteiger partial charge in [0.05, 0.1) is 0 Å². The smallest absolute Gasteiger partial charge is 0.238 e. The van der Waals surface area contributed by atoms with Gasteiger partial charge in [0.15, 0.2) is 0 Å². The third-order valence-corrected chi connectivity index (χ3v) is 4.36. The molecule has 22 heavy (non-hydrogen) atoms. The second kappa shape index (κ2) is 7.69. The lowest BCUT2D eigenvalue weighted by atomic mass is 10.0. The molecule has 0 saturated carbocycles. The van der Waals surface area contributed by atoms with Crippen LogP contribution in [0.4, 0.5) is 0 Å². The van der Waals surface area contributed by atoms with Crippen LogP contribution in [-0.2, 0) is 4.79 Å². The van der Waals surface area contributed by atoms with E-state index in [4.69, 9.17) is 0 Å². The summed E-state index contributed by atoms with van der Waals surface area (Å²) >= 11 is 0. The molecule has 4 N–H and O–H groups in total. The second-order valence-electron chi connectivity index (χ2n) is 5.92. The fourth-order valence-electron chi connectivity index (χ4n) is 3.03. The van der Waals surface area contributed by atoms with Crippen LogP contribution in [0.1, 0.15) is 18.0 Å². The Kier molecular flexibility index (Phi) is 5.39. The predicted octanol–water partition coefficient (Wildman–Crippen LogP) is -0.384. The van der Waals surface area contributed by atoms with Crippen molar-refractivity contribution in [1.82, 2.24) is 26.4 Å². The number of amides is 1. The molecule has 2 heterocycles. The Hall–Kier alpha value is -1.47. The lowest BCUT2D eigenvalue weighted by Crippen LogP contribution is -2.48. The van der Waals surface area contributed by atoms with E-state index in [1.165, 1.54) is 5.56 Å². The van der Waals surface area contributed by atoms with Crippen molar-refractivity contribution < 1.29 is 4.79 Å². The van der Waals surface area contributed by atoms with Gasteiger partial charge in [-0.3, -0.25) is 9.69 Å². The topological polar surface area (TPSA) is 68.4 Å². The Balaban J connectivity index is 1.40. The monoisotopic (exact) mass is 303 g/mol. The fraction of sp³-hybridized carbons (Fsp3) is 0.562. The number of nitrogens with one attached hydrogen (secondary N) is 4. The highest BCUT2D eigenvalue weighted by Gasteiger charge is 2.29. The zero-order chi connectivity index (χ0) is 15.2. The number of hydrazine groups is 1. The molecular weight excluding hydrogens is 278 g/mol. The van der Waals surface area contributed by atoms with Gasteiger partial charge in [-0.25, -0.2) is 10.9 Å². The number of nitrogens with zero attached hydrogens (tertiary/aromatic N) is 1. The first-order valence-electron chi connectivity index (χ1n) is 8.10. The molecule has 0 aliphatic carbocycles. The van der Waals surface area contributed by atoms with Gasteiger partial charge in [0.25, 0.3) is 0 Å². The lowest BCUT2D eigenvalue weighted by molar-refractivity contribution is -0.122. The largest absolute Gasteiger partial charge is 0.353 e. The number of carbonyl (C=O) groups excluding carboxylic acids is 1. The third-order valence-electron chi connectivity index (χ3n) is 4.36. The Morgan fingerprint density at radius 1 is 1.18 bits per heavy atom. The highest BCUT2D eigenvalue weighted by atomic mass is 16.2. The number of hydrogen-bond acceptors (Lipinski definition) is 5. The van der Waals surface area contributed by atoms with E-state index in [2.05, 4.69) is 38.5 Å². The summed E-state index contributed by atoms with van der Waals surface area (Å²) in [5.41, 5.74) is 7.54. The average Bonchev–Trinajstić information content (AvgIpc) is 3.07. The van der Waals surface area contributed by atoms with Crippen LogP contribution < -0.4 is 21.5 Å². The fourth-order valence-corrected chi connectivity index (χ4v) is 3.03. The van der Waals surface area contributed by atoms with E-state index in [9.17, 15) is 4.79 Å². The van der Waals surface area contributed by atoms with Crippen LogP contribution in [0, 0.1) is 0 Å². The lowest BCUT2D eigenvalue weighted by Gasteiger charge is -2.27. The summed E-state index contributed by atoms with van der Waals surface area (Å²) in [4.78, 5) is 14.6. The summed E-state index contributed by atoms with van der Waals surface area (Å²) in [5.74, 6) is 0.0843. The van der Waals surface area contributed by atoms with Crippen molar-refractivity contribution in [3.8, 4) is 0 Å². The van der Waals surface area contributed by atoms with Crippen LogP contribution in [0.3, 0.4) is 0 Å². The van der Waals surface area contributed by atoms with Crippen molar-refractivity contribution >= 4 is 5.91 Å². The highest BCUT2D eigenvalue weighted by molar-refractivity contribution is 5.82. The van der Waals surface area contributed by atoms with E-state index in [0.717, 1.165) is 39.1 Å². The molecule has 3 rings (SSSR count). The molecule has 2 fully saturated rings. The predicted molar refractivity (Wildman–Crippen MR) is 86.2 cm³/mol. The van der Waals surface area contributed by atoms with Gasteiger partial charge in [-0.05, 0) is 12.0 Å². The van der Waals surface area contributed by atoms with Gasteiger partial charge < -0.3 is 10.6 Å². The van der Waals surface area contributed by atoms with Crippen LogP contribution >= 0.6 is 0 Å². The molecule has 0 radical (unpaired) electrons. The molecule has 1 aromatic carbocycles. The van der Waals surface area contributed by atoms with Crippen LogP contribution in [0.15, 0.2) is 30.3 Å². The van der Waals surface area contributed by atoms with Crippen LogP contribution in [0.5, 0.6) is 0 Å². The second-order valence-corrected chi connectivity index (χ2v) is 5.92. The van der Waals surface area contributed by atoms with E-state index in [-0.39, 0.29) is 18.0 Å². The van der Waals surface area contributed by atoms with E-state index in [1.54, 1.807) is 0 Å². The molecule has 2 aliphatic rings. The van der Waals surface area contributed by atoms with E-state index in [1.807, 2.05) is 18.2 Å². The first-order chi connectivity index (χ1) is 10.8. The minimum absolute atomic E-state index is 0.0843. The zero-order valence-corrected chi connectivity index (χ0v) is 12.8. The van der Waals surface area contributed by atoms with E-state index < -0.39 is 0 Å². The number of carbonyl (C=O) groups is 1. The molecule has 2 saturated heterocycles. The van der Waals surface area contributed by atoms with Gasteiger partial charge >= 0.3 is 0 Å². The molecule has 0 spiro atoms. The maximum atomic E-state index is 12.2. The molecule has 120 valence electrons. The molecule has 2 unspecified atom stereocenters. The molecular formula is C16H25N5O. The van der Waals surface area contributed by atoms with Crippen LogP contribution in [0.25, 0.3) is 0 Å². The normalized spacial score (nSPS) is 26.0. The summed E-state index contributed by atoms with van der Waals surface area (Å²) in [7, 11) is 0. The molecule has 6 heteroatoms. The molecule has 1 aromatic rings. The van der Waals surface area contributed by atoms with Gasteiger partial charge in [-0.15, -0.1) is 0 Å². The standard InChI is InChI=1S/C16H25N5O/c22-16(18-8-11-21-9-6-17-7-10-21)15-12-14(19-20-15)13-4-2-1-3-5-13/h1-5,14-15,17,19-20H,6-12H2,(H,18,22). The van der Waals surface area contributed by atoms with Gasteiger partial charge in [-0.2, -0.15) is 0 Å².